The van der Waals surface area contributed by atoms with Crippen LogP contribution in [0.4, 0.5) is 10.1 Å². The van der Waals surface area contributed by atoms with Gasteiger partial charge in [0.05, 0.1) is 4.90 Å². The molecule has 1 unspecified atom stereocenters. The van der Waals surface area contributed by atoms with Crippen molar-refractivity contribution in [2.45, 2.75) is 17.4 Å². The molecule has 0 spiro atoms. The van der Waals surface area contributed by atoms with Crippen LogP contribution in [0.3, 0.4) is 0 Å². The minimum atomic E-state index is -3.90. The molecule has 2 aromatic carbocycles. The Balaban J connectivity index is 2.17. The van der Waals surface area contributed by atoms with E-state index in [4.69, 9.17) is 11.6 Å². The van der Waals surface area contributed by atoms with E-state index in [0.717, 1.165) is 6.07 Å². The molecule has 0 heterocycles. The van der Waals surface area contributed by atoms with Gasteiger partial charge in [0, 0.05) is 10.7 Å². The van der Waals surface area contributed by atoms with Crippen molar-refractivity contribution in [1.29, 1.82) is 0 Å². The SMILES string of the molecule is CSCCC(NS(=O)(=O)c1ccc(Cl)cc1)C(=O)Nc1cccc(F)c1. The number of anilines is 1. The molecule has 0 aliphatic carbocycles. The van der Waals surface area contributed by atoms with Gasteiger partial charge in [0.15, 0.2) is 0 Å². The number of carbonyl (C=O) groups is 1. The van der Waals surface area contributed by atoms with E-state index in [1.165, 1.54) is 54.2 Å². The fourth-order valence-electron chi connectivity index (χ4n) is 2.14. The summed E-state index contributed by atoms with van der Waals surface area (Å²) in [6.45, 7) is 0. The maximum atomic E-state index is 13.3. The summed E-state index contributed by atoms with van der Waals surface area (Å²) in [6.07, 6.45) is 2.14. The van der Waals surface area contributed by atoms with Crippen LogP contribution < -0.4 is 10.0 Å². The number of thioether (sulfide) groups is 1. The summed E-state index contributed by atoms with van der Waals surface area (Å²) >= 11 is 7.26. The molecule has 2 aromatic rings. The van der Waals surface area contributed by atoms with Crippen LogP contribution in [-0.4, -0.2) is 32.4 Å². The van der Waals surface area contributed by atoms with Crippen molar-refractivity contribution in [2.24, 2.45) is 0 Å². The lowest BCUT2D eigenvalue weighted by atomic mass is 10.2. The van der Waals surface area contributed by atoms with E-state index in [9.17, 15) is 17.6 Å². The lowest BCUT2D eigenvalue weighted by Crippen LogP contribution is -2.44. The molecule has 0 radical (unpaired) electrons. The maximum Gasteiger partial charge on any atom is 0.242 e. The van der Waals surface area contributed by atoms with E-state index in [1.807, 2.05) is 6.26 Å². The minimum absolute atomic E-state index is 0.00890. The molecule has 0 saturated heterocycles. The molecular weight excluding hydrogens is 399 g/mol. The molecule has 0 bridgehead atoms. The first-order valence-corrected chi connectivity index (χ1v) is 10.9. The van der Waals surface area contributed by atoms with Crippen LogP contribution in [0.1, 0.15) is 6.42 Å². The van der Waals surface area contributed by atoms with E-state index < -0.39 is 27.8 Å². The molecule has 26 heavy (non-hydrogen) atoms. The number of amides is 1. The number of sulfonamides is 1. The molecule has 5 nitrogen and oxygen atoms in total. The van der Waals surface area contributed by atoms with Crippen LogP contribution in [0.25, 0.3) is 0 Å². The summed E-state index contributed by atoms with van der Waals surface area (Å²) in [5.41, 5.74) is 0.259. The molecule has 0 fully saturated rings. The van der Waals surface area contributed by atoms with Gasteiger partial charge in [0.2, 0.25) is 15.9 Å². The highest BCUT2D eigenvalue weighted by atomic mass is 35.5. The number of hydrogen-bond donors (Lipinski definition) is 2. The quantitative estimate of drug-likeness (QED) is 0.690. The Morgan fingerprint density at radius 1 is 1.23 bits per heavy atom. The number of carbonyl (C=O) groups excluding carboxylic acids is 1. The molecule has 140 valence electrons. The molecule has 2 N–H and O–H groups in total. The van der Waals surface area contributed by atoms with Crippen molar-refractivity contribution < 1.29 is 17.6 Å². The van der Waals surface area contributed by atoms with Crippen molar-refractivity contribution >= 4 is 45.0 Å². The third kappa shape index (κ3) is 5.98. The Kier molecular flexibility index (Phi) is 7.45. The number of benzene rings is 2. The molecule has 9 heteroatoms. The highest BCUT2D eigenvalue weighted by Gasteiger charge is 2.25. The second-order valence-electron chi connectivity index (χ2n) is 5.41. The predicted molar refractivity (Wildman–Crippen MR) is 104 cm³/mol. The van der Waals surface area contributed by atoms with Gasteiger partial charge in [-0.05, 0) is 60.9 Å². The van der Waals surface area contributed by atoms with E-state index in [-0.39, 0.29) is 17.0 Å². The van der Waals surface area contributed by atoms with Gasteiger partial charge in [0.25, 0.3) is 0 Å². The van der Waals surface area contributed by atoms with Gasteiger partial charge in [0.1, 0.15) is 11.9 Å². The van der Waals surface area contributed by atoms with Crippen LogP contribution in [0.2, 0.25) is 5.02 Å². The summed E-state index contributed by atoms with van der Waals surface area (Å²) in [4.78, 5) is 12.5. The van der Waals surface area contributed by atoms with Gasteiger partial charge in [-0.3, -0.25) is 4.79 Å². The Morgan fingerprint density at radius 2 is 1.92 bits per heavy atom. The normalized spacial score (nSPS) is 12.6. The standard InChI is InChI=1S/C17H18ClFN2O3S2/c1-25-10-9-16(17(22)20-14-4-2-3-13(19)11-14)21-26(23,24)15-7-5-12(18)6-8-15/h2-8,11,16,21H,9-10H2,1H3,(H,20,22). The fraction of sp³-hybridized carbons (Fsp3) is 0.235. The van der Waals surface area contributed by atoms with E-state index in [2.05, 4.69) is 10.0 Å². The predicted octanol–water partition coefficient (Wildman–Crippen LogP) is 3.52. The average Bonchev–Trinajstić information content (AvgIpc) is 2.59. The second-order valence-corrected chi connectivity index (χ2v) is 8.54. The largest absolute Gasteiger partial charge is 0.325 e. The first kappa shape index (κ1) is 20.7. The van der Waals surface area contributed by atoms with Crippen molar-refractivity contribution in [3.8, 4) is 0 Å². The summed E-state index contributed by atoms with van der Waals surface area (Å²) in [5.74, 6) is -0.475. The fourth-order valence-corrected chi connectivity index (χ4v) is 3.97. The zero-order valence-corrected chi connectivity index (χ0v) is 16.3. The highest BCUT2D eigenvalue weighted by molar-refractivity contribution is 7.98. The Labute approximate surface area is 161 Å². The summed E-state index contributed by atoms with van der Waals surface area (Å²) in [5, 5.41) is 2.95. The van der Waals surface area contributed by atoms with E-state index in [0.29, 0.717) is 10.8 Å². The lowest BCUT2D eigenvalue weighted by Gasteiger charge is -2.18. The van der Waals surface area contributed by atoms with Crippen molar-refractivity contribution in [3.05, 3.63) is 59.4 Å². The van der Waals surface area contributed by atoms with Crippen LogP contribution in [0, 0.1) is 5.82 Å². The smallest absolute Gasteiger partial charge is 0.242 e. The molecule has 1 amide bonds. The van der Waals surface area contributed by atoms with Crippen molar-refractivity contribution in [3.63, 3.8) is 0 Å². The monoisotopic (exact) mass is 416 g/mol. The molecule has 0 aliphatic rings. The zero-order valence-electron chi connectivity index (χ0n) is 13.9. The van der Waals surface area contributed by atoms with Crippen molar-refractivity contribution in [2.75, 3.05) is 17.3 Å². The topological polar surface area (TPSA) is 75.3 Å². The number of halogens is 2. The van der Waals surface area contributed by atoms with Gasteiger partial charge in [-0.1, -0.05) is 17.7 Å². The van der Waals surface area contributed by atoms with Gasteiger partial charge in [-0.25, -0.2) is 12.8 Å². The highest BCUT2D eigenvalue weighted by Crippen LogP contribution is 2.16. The van der Waals surface area contributed by atoms with Crippen molar-refractivity contribution in [1.82, 2.24) is 4.72 Å². The maximum absolute atomic E-state index is 13.3. The van der Waals surface area contributed by atoms with Crippen LogP contribution in [-0.2, 0) is 14.8 Å². The summed E-state index contributed by atoms with van der Waals surface area (Å²) < 4.78 is 40.7. The average molecular weight is 417 g/mol. The van der Waals surface area contributed by atoms with E-state index in [1.54, 1.807) is 0 Å². The number of hydrogen-bond acceptors (Lipinski definition) is 4. The molecule has 0 aliphatic heterocycles. The van der Waals surface area contributed by atoms with E-state index >= 15 is 0 Å². The third-order valence-electron chi connectivity index (χ3n) is 3.44. The summed E-state index contributed by atoms with van der Waals surface area (Å²) in [7, 11) is -3.90. The number of rotatable bonds is 8. The number of nitrogens with one attached hydrogen (secondary N) is 2. The van der Waals surface area contributed by atoms with Gasteiger partial charge in [-0.15, -0.1) is 0 Å². The third-order valence-corrected chi connectivity index (χ3v) is 5.82. The second kappa shape index (κ2) is 9.36. The van der Waals surface area contributed by atoms with Crippen LogP contribution >= 0.6 is 23.4 Å². The molecule has 1 atom stereocenters. The Hall–Kier alpha value is -1.61. The van der Waals surface area contributed by atoms with Crippen LogP contribution in [0.5, 0.6) is 0 Å². The molecule has 2 rings (SSSR count). The minimum Gasteiger partial charge on any atom is -0.325 e. The zero-order chi connectivity index (χ0) is 19.2. The Morgan fingerprint density at radius 3 is 2.54 bits per heavy atom. The van der Waals surface area contributed by atoms with Gasteiger partial charge in [-0.2, -0.15) is 16.5 Å². The lowest BCUT2D eigenvalue weighted by molar-refractivity contribution is -0.117. The summed E-state index contributed by atoms with van der Waals surface area (Å²) in [6, 6.07) is 10.1. The first-order valence-electron chi connectivity index (χ1n) is 7.65. The molecular formula is C17H18ClFN2O3S2. The molecule has 0 aromatic heterocycles. The Bertz CT molecular complexity index is 861. The first-order chi connectivity index (χ1) is 12.3. The van der Waals surface area contributed by atoms with Gasteiger partial charge < -0.3 is 5.32 Å². The molecule has 0 saturated carbocycles. The van der Waals surface area contributed by atoms with Crippen LogP contribution in [0.15, 0.2) is 53.4 Å². The van der Waals surface area contributed by atoms with Gasteiger partial charge >= 0.3 is 0 Å².